The number of amides is 1. The van der Waals surface area contributed by atoms with Crippen molar-refractivity contribution in [2.45, 2.75) is 0 Å². The Kier molecular flexibility index (Phi) is 2.37. The number of anilines is 1. The molecule has 1 fully saturated rings. The quantitative estimate of drug-likeness (QED) is 0.717. The molecule has 2 aliphatic heterocycles. The van der Waals surface area contributed by atoms with E-state index in [1.165, 1.54) is 5.01 Å². The molecule has 4 nitrogen and oxygen atoms in total. The summed E-state index contributed by atoms with van der Waals surface area (Å²) in [4.78, 5) is 16.0. The Bertz CT molecular complexity index is 491. The van der Waals surface area contributed by atoms with Gasteiger partial charge < -0.3 is 0 Å². The molecule has 1 unspecified atom stereocenters. The summed E-state index contributed by atoms with van der Waals surface area (Å²) in [5.41, 5.74) is 1.52. The number of carbonyl (C=O) groups is 1. The van der Waals surface area contributed by atoms with E-state index in [-0.39, 0.29) is 11.8 Å². The Morgan fingerprint density at radius 1 is 1.56 bits per heavy atom. The second-order valence-corrected chi connectivity index (χ2v) is 5.01. The van der Waals surface area contributed by atoms with Crippen LogP contribution in [0.4, 0.5) is 5.69 Å². The van der Waals surface area contributed by atoms with Crippen molar-refractivity contribution in [3.05, 3.63) is 23.5 Å². The Labute approximate surface area is 102 Å². The highest BCUT2D eigenvalue weighted by atomic mass is 35.5. The summed E-state index contributed by atoms with van der Waals surface area (Å²) in [6, 6.07) is 3.50. The minimum absolute atomic E-state index is 0.00917. The van der Waals surface area contributed by atoms with Crippen LogP contribution in [0.3, 0.4) is 0 Å². The fourth-order valence-corrected chi connectivity index (χ4v) is 3.18. The molecule has 1 aromatic rings. The zero-order valence-electron chi connectivity index (χ0n) is 8.26. The van der Waals surface area contributed by atoms with E-state index < -0.39 is 0 Å². The van der Waals surface area contributed by atoms with E-state index in [1.807, 2.05) is 0 Å². The van der Waals surface area contributed by atoms with Gasteiger partial charge in [-0.2, -0.15) is 21.9 Å². The van der Waals surface area contributed by atoms with Crippen LogP contribution in [0, 0.1) is 5.92 Å². The van der Waals surface area contributed by atoms with Gasteiger partial charge in [-0.25, -0.2) is 4.98 Å². The van der Waals surface area contributed by atoms with Crippen LogP contribution in [0.15, 0.2) is 23.4 Å². The number of nitrogens with zero attached hydrogens (tertiary/aromatic N) is 3. The number of hydrogen-bond donors (Lipinski definition) is 0. The Morgan fingerprint density at radius 3 is 3.19 bits per heavy atom. The van der Waals surface area contributed by atoms with E-state index in [1.54, 1.807) is 30.1 Å². The molecule has 6 heteroatoms. The van der Waals surface area contributed by atoms with Crippen LogP contribution >= 0.6 is 23.4 Å². The molecule has 3 heterocycles. The van der Waals surface area contributed by atoms with Gasteiger partial charge >= 0.3 is 0 Å². The molecule has 3 rings (SSSR count). The zero-order valence-corrected chi connectivity index (χ0v) is 9.83. The Balaban J connectivity index is 2.01. The van der Waals surface area contributed by atoms with Gasteiger partial charge in [-0.05, 0) is 12.1 Å². The van der Waals surface area contributed by atoms with Crippen LogP contribution in [0.25, 0.3) is 0 Å². The number of pyridine rings is 1. The normalized spacial score (nSPS) is 23.6. The summed E-state index contributed by atoms with van der Waals surface area (Å²) in [6.07, 6.45) is 1.59. The third kappa shape index (κ3) is 1.43. The molecular formula is C10H8ClN3OS. The Hall–Kier alpha value is -1.07. The average molecular weight is 254 g/mol. The molecule has 1 saturated heterocycles. The van der Waals surface area contributed by atoms with E-state index in [9.17, 15) is 4.79 Å². The highest BCUT2D eigenvalue weighted by Gasteiger charge is 2.40. The van der Waals surface area contributed by atoms with Gasteiger partial charge in [-0.3, -0.25) is 4.79 Å². The van der Waals surface area contributed by atoms with Crippen molar-refractivity contribution in [3.8, 4) is 0 Å². The molecule has 0 radical (unpaired) electrons. The number of hydrazone groups is 1. The van der Waals surface area contributed by atoms with Gasteiger partial charge in [0.2, 0.25) is 0 Å². The molecule has 0 saturated carbocycles. The number of carbonyl (C=O) groups excluding carboxylic acids is 1. The smallest absolute Gasteiger partial charge is 0.257 e. The summed E-state index contributed by atoms with van der Waals surface area (Å²) in [5.74, 6) is 1.62. The molecular weight excluding hydrogens is 246 g/mol. The van der Waals surface area contributed by atoms with Crippen LogP contribution in [-0.4, -0.2) is 28.1 Å². The number of fused-ring (bicyclic) bond motifs is 1. The molecule has 82 valence electrons. The standard InChI is InChI=1S/C10H8ClN3OS/c11-9-8(2-1-3-12-9)14-10(15)6-4-16-5-7(6)13-14/h1-3,6H,4-5H2. The lowest BCUT2D eigenvalue weighted by Crippen LogP contribution is -2.27. The molecule has 0 aliphatic carbocycles. The van der Waals surface area contributed by atoms with Crippen LogP contribution in [0.5, 0.6) is 0 Å². The maximum atomic E-state index is 12.1. The first-order chi connectivity index (χ1) is 7.77. The molecule has 16 heavy (non-hydrogen) atoms. The predicted molar refractivity (Wildman–Crippen MR) is 65.0 cm³/mol. The maximum absolute atomic E-state index is 12.1. The third-order valence-electron chi connectivity index (χ3n) is 2.64. The lowest BCUT2D eigenvalue weighted by molar-refractivity contribution is -0.119. The van der Waals surface area contributed by atoms with Gasteiger partial charge in [-0.15, -0.1) is 0 Å². The summed E-state index contributed by atoms with van der Waals surface area (Å²) < 4.78 is 0. The fourth-order valence-electron chi connectivity index (χ4n) is 1.82. The molecule has 0 N–H and O–H groups in total. The third-order valence-corrected chi connectivity index (χ3v) is 4.00. The van der Waals surface area contributed by atoms with Crippen LogP contribution < -0.4 is 5.01 Å². The first-order valence-electron chi connectivity index (χ1n) is 4.87. The van der Waals surface area contributed by atoms with Gasteiger partial charge in [0.25, 0.3) is 5.91 Å². The molecule has 2 aliphatic rings. The average Bonchev–Trinajstić information content (AvgIpc) is 2.83. The minimum Gasteiger partial charge on any atom is -0.272 e. The van der Waals surface area contributed by atoms with E-state index >= 15 is 0 Å². The van der Waals surface area contributed by atoms with Gasteiger partial charge in [0, 0.05) is 17.7 Å². The first kappa shape index (κ1) is 10.1. The first-order valence-corrected chi connectivity index (χ1v) is 6.40. The van der Waals surface area contributed by atoms with E-state index in [0.717, 1.165) is 17.2 Å². The molecule has 0 bridgehead atoms. The summed E-state index contributed by atoms with van der Waals surface area (Å²) in [6.45, 7) is 0. The number of rotatable bonds is 1. The van der Waals surface area contributed by atoms with Crippen LogP contribution in [0.1, 0.15) is 0 Å². The number of halogens is 1. The number of hydrogen-bond acceptors (Lipinski definition) is 4. The van der Waals surface area contributed by atoms with Crippen LogP contribution in [0.2, 0.25) is 5.15 Å². The van der Waals surface area contributed by atoms with E-state index in [4.69, 9.17) is 11.6 Å². The zero-order chi connectivity index (χ0) is 11.1. The second-order valence-electron chi connectivity index (χ2n) is 3.62. The predicted octanol–water partition coefficient (Wildman–Crippen LogP) is 1.80. The molecule has 0 spiro atoms. The Morgan fingerprint density at radius 2 is 2.44 bits per heavy atom. The van der Waals surface area contributed by atoms with Crippen molar-refractivity contribution in [3.63, 3.8) is 0 Å². The van der Waals surface area contributed by atoms with Crippen molar-refractivity contribution in [1.82, 2.24) is 4.98 Å². The largest absolute Gasteiger partial charge is 0.272 e. The van der Waals surface area contributed by atoms with Gasteiger partial charge in [0.15, 0.2) is 5.15 Å². The SMILES string of the molecule is O=C1C2CSCC2=NN1c1cccnc1Cl. The molecule has 1 atom stereocenters. The van der Waals surface area contributed by atoms with Crippen molar-refractivity contribution in [2.24, 2.45) is 11.0 Å². The van der Waals surface area contributed by atoms with Crippen molar-refractivity contribution in [2.75, 3.05) is 16.5 Å². The van der Waals surface area contributed by atoms with Gasteiger partial charge in [0.05, 0.1) is 11.6 Å². The summed E-state index contributed by atoms with van der Waals surface area (Å²) >= 11 is 7.69. The minimum atomic E-state index is -0.0544. The van der Waals surface area contributed by atoms with Crippen molar-refractivity contribution in [1.29, 1.82) is 0 Å². The van der Waals surface area contributed by atoms with E-state index in [0.29, 0.717) is 10.8 Å². The molecule has 1 aromatic heterocycles. The van der Waals surface area contributed by atoms with Crippen molar-refractivity contribution < 1.29 is 4.79 Å². The molecule has 0 aromatic carbocycles. The topological polar surface area (TPSA) is 45.6 Å². The fraction of sp³-hybridized carbons (Fsp3) is 0.300. The lowest BCUT2D eigenvalue weighted by Gasteiger charge is -2.14. The number of aromatic nitrogens is 1. The van der Waals surface area contributed by atoms with E-state index in [2.05, 4.69) is 10.1 Å². The maximum Gasteiger partial charge on any atom is 0.257 e. The van der Waals surface area contributed by atoms with Crippen molar-refractivity contribution >= 4 is 40.7 Å². The van der Waals surface area contributed by atoms with Gasteiger partial charge in [0.1, 0.15) is 5.69 Å². The van der Waals surface area contributed by atoms with Gasteiger partial charge in [-0.1, -0.05) is 11.6 Å². The molecule has 1 amide bonds. The highest BCUT2D eigenvalue weighted by molar-refractivity contribution is 8.00. The lowest BCUT2D eigenvalue weighted by atomic mass is 10.1. The summed E-state index contributed by atoms with van der Waals surface area (Å²) in [5, 5.41) is 6.01. The monoisotopic (exact) mass is 253 g/mol. The highest BCUT2D eigenvalue weighted by Crippen LogP contribution is 2.33. The van der Waals surface area contributed by atoms with Crippen LogP contribution in [-0.2, 0) is 4.79 Å². The second kappa shape index (κ2) is 3.75. The number of thioether (sulfide) groups is 1. The summed E-state index contributed by atoms with van der Waals surface area (Å²) in [7, 11) is 0.